The van der Waals surface area contributed by atoms with Gasteiger partial charge in [0.25, 0.3) is 5.91 Å². The topological polar surface area (TPSA) is 88.7 Å². The maximum atomic E-state index is 12.3. The van der Waals surface area contributed by atoms with Gasteiger partial charge in [-0.15, -0.1) is 0 Å². The number of anilines is 2. The van der Waals surface area contributed by atoms with Crippen molar-refractivity contribution in [3.05, 3.63) is 66.2 Å². The molecule has 3 N–H and O–H groups in total. The first kappa shape index (κ1) is 22.0. The Morgan fingerprint density at radius 3 is 2.66 bits per heavy atom. The van der Waals surface area contributed by atoms with Crippen LogP contribution < -0.4 is 20.7 Å². The van der Waals surface area contributed by atoms with E-state index in [0.717, 1.165) is 5.57 Å². The van der Waals surface area contributed by atoms with Gasteiger partial charge in [-0.25, -0.2) is 0 Å². The molecule has 0 aliphatic heterocycles. The lowest BCUT2D eigenvalue weighted by atomic mass is 10.2. The summed E-state index contributed by atoms with van der Waals surface area (Å²) in [5.41, 5.74) is 2.65. The summed E-state index contributed by atoms with van der Waals surface area (Å²) in [4.78, 5) is 24.4. The van der Waals surface area contributed by atoms with Gasteiger partial charge in [0.15, 0.2) is 0 Å². The number of carbonyl (C=O) groups excluding carboxylic acids is 2. The molecule has 0 fully saturated rings. The lowest BCUT2D eigenvalue weighted by Crippen LogP contribution is -2.27. The molecule has 154 valence electrons. The monoisotopic (exact) mass is 397 g/mol. The van der Waals surface area contributed by atoms with Crippen molar-refractivity contribution < 1.29 is 19.1 Å². The van der Waals surface area contributed by atoms with E-state index in [1.807, 2.05) is 19.1 Å². The Bertz CT molecular complexity index is 851. The molecule has 0 aromatic heterocycles. The molecule has 2 amide bonds. The highest BCUT2D eigenvalue weighted by atomic mass is 16.5. The summed E-state index contributed by atoms with van der Waals surface area (Å²) in [6, 6.07) is 14.2. The first-order chi connectivity index (χ1) is 14.0. The van der Waals surface area contributed by atoms with E-state index in [9.17, 15) is 9.59 Å². The fraction of sp³-hybridized carbons (Fsp3) is 0.273. The van der Waals surface area contributed by atoms with Crippen molar-refractivity contribution in [2.24, 2.45) is 0 Å². The average molecular weight is 397 g/mol. The van der Waals surface area contributed by atoms with Crippen LogP contribution in [0.4, 0.5) is 11.4 Å². The normalized spacial score (nSPS) is 10.1. The third-order valence-corrected chi connectivity index (χ3v) is 3.80. The summed E-state index contributed by atoms with van der Waals surface area (Å²) >= 11 is 0. The molecule has 0 bridgehead atoms. The van der Waals surface area contributed by atoms with E-state index < -0.39 is 0 Å². The number of hydrogen-bond donors (Lipinski definition) is 3. The van der Waals surface area contributed by atoms with Gasteiger partial charge in [0.05, 0.1) is 18.8 Å². The molecule has 2 aromatic rings. The zero-order chi connectivity index (χ0) is 21.1. The number of nitrogens with one attached hydrogen (secondary N) is 3. The molecular weight excluding hydrogens is 370 g/mol. The van der Waals surface area contributed by atoms with Gasteiger partial charge in [-0.05, 0) is 42.8 Å². The van der Waals surface area contributed by atoms with Crippen molar-refractivity contribution >= 4 is 23.2 Å². The van der Waals surface area contributed by atoms with Crippen LogP contribution in [0.2, 0.25) is 0 Å². The van der Waals surface area contributed by atoms with Gasteiger partial charge in [0, 0.05) is 24.9 Å². The smallest absolute Gasteiger partial charge is 0.251 e. The molecule has 0 unspecified atom stereocenters. The van der Waals surface area contributed by atoms with E-state index in [1.54, 1.807) is 43.5 Å². The van der Waals surface area contributed by atoms with Gasteiger partial charge in [-0.1, -0.05) is 24.8 Å². The third kappa shape index (κ3) is 7.67. The zero-order valence-corrected chi connectivity index (χ0v) is 16.8. The number of benzene rings is 2. The minimum atomic E-state index is -0.230. The van der Waals surface area contributed by atoms with Gasteiger partial charge >= 0.3 is 0 Å². The summed E-state index contributed by atoms with van der Waals surface area (Å²) in [7, 11) is 1.58. The molecule has 0 spiro atoms. The largest absolute Gasteiger partial charge is 0.487 e. The van der Waals surface area contributed by atoms with Gasteiger partial charge < -0.3 is 25.4 Å². The summed E-state index contributed by atoms with van der Waals surface area (Å²) in [5, 5.41) is 8.61. The quantitative estimate of drug-likeness (QED) is 0.401. The lowest BCUT2D eigenvalue weighted by molar-refractivity contribution is -0.114. The summed E-state index contributed by atoms with van der Waals surface area (Å²) < 4.78 is 10.6. The van der Waals surface area contributed by atoms with Crippen LogP contribution in [0.1, 0.15) is 17.3 Å². The summed E-state index contributed by atoms with van der Waals surface area (Å²) in [6.45, 7) is 6.98. The predicted molar refractivity (Wildman–Crippen MR) is 115 cm³/mol. The van der Waals surface area contributed by atoms with Crippen molar-refractivity contribution in [1.82, 2.24) is 5.32 Å². The van der Waals surface area contributed by atoms with Crippen molar-refractivity contribution in [3.8, 4) is 5.75 Å². The minimum Gasteiger partial charge on any atom is -0.487 e. The first-order valence-corrected chi connectivity index (χ1v) is 9.26. The van der Waals surface area contributed by atoms with Gasteiger partial charge in [-0.2, -0.15) is 0 Å². The number of rotatable bonds is 11. The van der Waals surface area contributed by atoms with Crippen molar-refractivity contribution in [3.63, 3.8) is 0 Å². The number of para-hydroxylation sites is 2. The fourth-order valence-corrected chi connectivity index (χ4v) is 2.41. The van der Waals surface area contributed by atoms with Gasteiger partial charge in [0.1, 0.15) is 12.4 Å². The highest BCUT2D eigenvalue weighted by molar-refractivity contribution is 5.96. The Morgan fingerprint density at radius 2 is 1.90 bits per heavy atom. The average Bonchev–Trinajstić information content (AvgIpc) is 2.72. The van der Waals surface area contributed by atoms with Crippen molar-refractivity contribution in [1.29, 1.82) is 0 Å². The first-order valence-electron chi connectivity index (χ1n) is 9.26. The van der Waals surface area contributed by atoms with E-state index in [2.05, 4.69) is 22.5 Å². The van der Waals surface area contributed by atoms with Crippen LogP contribution in [0, 0.1) is 0 Å². The molecule has 0 radical (unpaired) electrons. The minimum absolute atomic E-state index is 0.0452. The van der Waals surface area contributed by atoms with Crippen LogP contribution in [-0.2, 0) is 9.53 Å². The van der Waals surface area contributed by atoms with E-state index in [-0.39, 0.29) is 18.4 Å². The molecule has 2 rings (SSSR count). The second-order valence-corrected chi connectivity index (χ2v) is 6.47. The SMILES string of the molecule is C=C(C)COc1ccccc1NC(=O)CNc1cccc(C(=O)NCCOC)c1. The molecule has 0 aliphatic carbocycles. The Hall–Kier alpha value is -3.32. The van der Waals surface area contributed by atoms with E-state index >= 15 is 0 Å². The second-order valence-electron chi connectivity index (χ2n) is 6.47. The van der Waals surface area contributed by atoms with Crippen LogP contribution in [0.3, 0.4) is 0 Å². The molecule has 0 atom stereocenters. The Balaban J connectivity index is 1.90. The number of carbonyl (C=O) groups is 2. The molecule has 29 heavy (non-hydrogen) atoms. The molecule has 2 aromatic carbocycles. The zero-order valence-electron chi connectivity index (χ0n) is 16.8. The molecular formula is C22H27N3O4. The fourth-order valence-electron chi connectivity index (χ4n) is 2.41. The van der Waals surface area contributed by atoms with Crippen LogP contribution in [0.25, 0.3) is 0 Å². The van der Waals surface area contributed by atoms with Gasteiger partial charge in [0.2, 0.25) is 5.91 Å². The maximum absolute atomic E-state index is 12.3. The molecule has 7 nitrogen and oxygen atoms in total. The number of ether oxygens (including phenoxy) is 2. The summed E-state index contributed by atoms with van der Waals surface area (Å²) in [5.74, 6) is 0.156. The molecule has 0 aliphatic rings. The molecule has 0 heterocycles. The van der Waals surface area contributed by atoms with Crippen molar-refractivity contribution in [2.75, 3.05) is 44.0 Å². The Kier molecular flexibility index (Phi) is 8.72. The number of amides is 2. The van der Waals surface area contributed by atoms with Gasteiger partial charge in [-0.3, -0.25) is 9.59 Å². The van der Waals surface area contributed by atoms with Crippen molar-refractivity contribution in [2.45, 2.75) is 6.92 Å². The van der Waals surface area contributed by atoms with E-state index in [1.165, 1.54) is 0 Å². The highest BCUT2D eigenvalue weighted by Crippen LogP contribution is 2.24. The Labute approximate surface area is 171 Å². The van der Waals surface area contributed by atoms with Crippen LogP contribution in [-0.4, -0.2) is 45.2 Å². The Morgan fingerprint density at radius 1 is 1.10 bits per heavy atom. The van der Waals surface area contributed by atoms with Crippen LogP contribution in [0.15, 0.2) is 60.7 Å². The van der Waals surface area contributed by atoms with E-state index in [0.29, 0.717) is 42.4 Å². The molecule has 0 saturated carbocycles. The second kappa shape index (κ2) is 11.5. The van der Waals surface area contributed by atoms with Crippen LogP contribution in [0.5, 0.6) is 5.75 Å². The maximum Gasteiger partial charge on any atom is 0.251 e. The predicted octanol–water partition coefficient (Wildman–Crippen LogP) is 3.07. The summed E-state index contributed by atoms with van der Waals surface area (Å²) in [6.07, 6.45) is 0. The highest BCUT2D eigenvalue weighted by Gasteiger charge is 2.09. The molecule has 7 heteroatoms. The third-order valence-electron chi connectivity index (χ3n) is 3.80. The molecule has 0 saturated heterocycles. The lowest BCUT2D eigenvalue weighted by Gasteiger charge is -2.13. The van der Waals surface area contributed by atoms with Crippen LogP contribution >= 0.6 is 0 Å². The standard InChI is InChI=1S/C22H27N3O4/c1-16(2)15-29-20-10-5-4-9-19(20)25-21(26)14-24-18-8-6-7-17(13-18)22(27)23-11-12-28-3/h4-10,13,24H,1,11-12,14-15H2,2-3H3,(H,23,27)(H,25,26). The van der Waals surface area contributed by atoms with E-state index in [4.69, 9.17) is 9.47 Å². The number of hydrogen-bond acceptors (Lipinski definition) is 5. The number of methoxy groups -OCH3 is 1.